The number of carbonyl (C=O) groups is 2. The summed E-state index contributed by atoms with van der Waals surface area (Å²) in [6, 6.07) is 12.8. The number of benzene rings is 2. The predicted molar refractivity (Wildman–Crippen MR) is 113 cm³/mol. The maximum atomic E-state index is 13.1. The number of amides is 1. The predicted octanol–water partition coefficient (Wildman–Crippen LogP) is 3.67. The summed E-state index contributed by atoms with van der Waals surface area (Å²) < 4.78 is 34.3. The van der Waals surface area contributed by atoms with E-state index in [9.17, 15) is 18.0 Å². The lowest BCUT2D eigenvalue weighted by atomic mass is 10.0. The second kappa shape index (κ2) is 8.89. The second-order valence-corrected chi connectivity index (χ2v) is 9.41. The number of fused-ring (bicyclic) bond motifs is 1. The molecule has 0 aliphatic carbocycles. The van der Waals surface area contributed by atoms with Gasteiger partial charge in [0.1, 0.15) is 5.58 Å². The van der Waals surface area contributed by atoms with Crippen molar-refractivity contribution in [2.75, 3.05) is 13.4 Å². The quantitative estimate of drug-likeness (QED) is 0.552. The molecule has 1 atom stereocenters. The van der Waals surface area contributed by atoms with Crippen molar-refractivity contribution >= 4 is 44.3 Å². The van der Waals surface area contributed by atoms with Gasteiger partial charge in [0, 0.05) is 22.2 Å². The van der Waals surface area contributed by atoms with Crippen LogP contribution >= 0.6 is 11.6 Å². The number of para-hydroxylation sites is 1. The largest absolute Gasteiger partial charge is 0.469 e. The zero-order valence-electron chi connectivity index (χ0n) is 16.3. The summed E-state index contributed by atoms with van der Waals surface area (Å²) in [6.45, 7) is 0. The molecule has 1 heterocycles. The summed E-state index contributed by atoms with van der Waals surface area (Å²) in [4.78, 5) is 24.9. The topological polar surface area (TPSA) is 103 Å². The highest BCUT2D eigenvalue weighted by molar-refractivity contribution is 7.89. The molecule has 0 spiro atoms. The van der Waals surface area contributed by atoms with Crippen molar-refractivity contribution in [3.63, 3.8) is 0 Å². The van der Waals surface area contributed by atoms with E-state index in [4.69, 9.17) is 20.8 Å². The molecule has 30 heavy (non-hydrogen) atoms. The molecule has 158 valence electrons. The van der Waals surface area contributed by atoms with Crippen LogP contribution in [0.3, 0.4) is 0 Å². The first-order chi connectivity index (χ1) is 14.2. The molecule has 0 aliphatic rings. The first kappa shape index (κ1) is 21.9. The molecule has 1 unspecified atom stereocenters. The van der Waals surface area contributed by atoms with Crippen LogP contribution in [0.5, 0.6) is 0 Å². The molecule has 1 aromatic heterocycles. The number of rotatable bonds is 7. The van der Waals surface area contributed by atoms with Crippen molar-refractivity contribution in [2.45, 2.75) is 18.2 Å². The molecular weight excluding hydrogens is 430 g/mol. The molecule has 1 N–H and O–H groups in total. The van der Waals surface area contributed by atoms with Gasteiger partial charge in [-0.3, -0.25) is 9.59 Å². The number of esters is 1. The number of nitrogens with one attached hydrogen (secondary N) is 1. The summed E-state index contributed by atoms with van der Waals surface area (Å²) in [5.74, 6) is -1.61. The second-order valence-electron chi connectivity index (χ2n) is 6.83. The summed E-state index contributed by atoms with van der Waals surface area (Å²) in [7, 11) is -2.18. The third-order valence-electron chi connectivity index (χ3n) is 4.49. The Morgan fingerprint density at radius 3 is 2.43 bits per heavy atom. The van der Waals surface area contributed by atoms with Crippen LogP contribution in [0.4, 0.5) is 0 Å². The van der Waals surface area contributed by atoms with Crippen LogP contribution in [-0.4, -0.2) is 33.7 Å². The lowest BCUT2D eigenvalue weighted by Crippen LogP contribution is -2.31. The molecule has 9 heteroatoms. The maximum absolute atomic E-state index is 13.1. The van der Waals surface area contributed by atoms with E-state index in [0.29, 0.717) is 21.6 Å². The normalized spacial score (nSPS) is 12.5. The Labute approximate surface area is 178 Å². The van der Waals surface area contributed by atoms with Crippen molar-refractivity contribution in [1.82, 2.24) is 5.32 Å². The van der Waals surface area contributed by atoms with Crippen LogP contribution in [0.15, 0.2) is 52.9 Å². The summed E-state index contributed by atoms with van der Waals surface area (Å²) in [6.07, 6.45) is 0.968. The van der Waals surface area contributed by atoms with Gasteiger partial charge in [-0.05, 0) is 23.8 Å². The summed E-state index contributed by atoms with van der Waals surface area (Å²) in [5, 5.41) is 3.80. The van der Waals surface area contributed by atoms with E-state index in [1.807, 2.05) is 0 Å². The van der Waals surface area contributed by atoms with Gasteiger partial charge in [0.15, 0.2) is 15.6 Å². The van der Waals surface area contributed by atoms with Crippen molar-refractivity contribution in [1.29, 1.82) is 0 Å². The lowest BCUT2D eigenvalue weighted by Gasteiger charge is -2.18. The van der Waals surface area contributed by atoms with E-state index < -0.39 is 27.8 Å². The van der Waals surface area contributed by atoms with Gasteiger partial charge >= 0.3 is 5.97 Å². The molecule has 0 fully saturated rings. The molecule has 0 radical (unpaired) electrons. The van der Waals surface area contributed by atoms with Gasteiger partial charge in [-0.2, -0.15) is 0 Å². The number of methoxy groups -OCH3 is 1. The minimum absolute atomic E-state index is 0.106. The van der Waals surface area contributed by atoms with Crippen LogP contribution in [0.2, 0.25) is 5.02 Å². The highest BCUT2D eigenvalue weighted by atomic mass is 35.5. The number of carbonyl (C=O) groups excluding carboxylic acids is 2. The number of hydrogen-bond acceptors (Lipinski definition) is 6. The van der Waals surface area contributed by atoms with Crippen molar-refractivity contribution in [3.8, 4) is 0 Å². The first-order valence-corrected chi connectivity index (χ1v) is 11.4. The molecule has 0 saturated carbocycles. The summed E-state index contributed by atoms with van der Waals surface area (Å²) >= 11 is 5.93. The lowest BCUT2D eigenvalue weighted by molar-refractivity contribution is -0.141. The standard InChI is InChI=1S/C21H20ClNO6S/c1-28-19(24)11-17(13-7-9-14(22)10-8-13)23-21(25)20-16(12-30(2,26)27)15-5-3-4-6-18(15)29-20/h3-10,17H,11-12H2,1-2H3,(H,23,25). The van der Waals surface area contributed by atoms with E-state index in [-0.39, 0.29) is 23.5 Å². The Hall–Kier alpha value is -2.84. The maximum Gasteiger partial charge on any atom is 0.307 e. The summed E-state index contributed by atoms with van der Waals surface area (Å²) in [5.41, 5.74) is 1.31. The number of halogens is 1. The highest BCUT2D eigenvalue weighted by Crippen LogP contribution is 2.29. The molecule has 0 aliphatic heterocycles. The molecular formula is C21H20ClNO6S. The average Bonchev–Trinajstić information content (AvgIpc) is 3.05. The van der Waals surface area contributed by atoms with Gasteiger partial charge in [-0.25, -0.2) is 8.42 Å². The molecule has 3 rings (SSSR count). The number of ether oxygens (including phenoxy) is 1. The molecule has 0 bridgehead atoms. The van der Waals surface area contributed by atoms with E-state index >= 15 is 0 Å². The van der Waals surface area contributed by atoms with Crippen LogP contribution in [0.25, 0.3) is 11.0 Å². The molecule has 0 saturated heterocycles. The third kappa shape index (κ3) is 5.20. The van der Waals surface area contributed by atoms with E-state index in [2.05, 4.69) is 5.32 Å². The van der Waals surface area contributed by atoms with E-state index in [1.54, 1.807) is 48.5 Å². The van der Waals surface area contributed by atoms with Gasteiger partial charge in [-0.1, -0.05) is 41.9 Å². The van der Waals surface area contributed by atoms with E-state index in [0.717, 1.165) is 6.26 Å². The Morgan fingerprint density at radius 1 is 1.13 bits per heavy atom. The van der Waals surface area contributed by atoms with Gasteiger partial charge in [0.25, 0.3) is 5.91 Å². The van der Waals surface area contributed by atoms with Gasteiger partial charge in [-0.15, -0.1) is 0 Å². The van der Waals surface area contributed by atoms with E-state index in [1.165, 1.54) is 7.11 Å². The fraction of sp³-hybridized carbons (Fsp3) is 0.238. The van der Waals surface area contributed by atoms with Crippen LogP contribution < -0.4 is 5.32 Å². The van der Waals surface area contributed by atoms with Gasteiger partial charge in [0.05, 0.1) is 25.3 Å². The first-order valence-electron chi connectivity index (χ1n) is 8.99. The zero-order chi connectivity index (χ0) is 21.9. The minimum Gasteiger partial charge on any atom is -0.469 e. The monoisotopic (exact) mass is 449 g/mol. The zero-order valence-corrected chi connectivity index (χ0v) is 17.9. The molecule has 1 amide bonds. The number of sulfone groups is 1. The Bertz CT molecular complexity index is 1180. The van der Waals surface area contributed by atoms with Gasteiger partial charge < -0.3 is 14.5 Å². The molecule has 2 aromatic carbocycles. The smallest absolute Gasteiger partial charge is 0.307 e. The molecule has 3 aromatic rings. The Balaban J connectivity index is 1.99. The number of furan rings is 1. The fourth-order valence-corrected chi connectivity index (χ4v) is 4.05. The van der Waals surface area contributed by atoms with Crippen LogP contribution in [-0.2, 0) is 25.1 Å². The minimum atomic E-state index is -3.43. The highest BCUT2D eigenvalue weighted by Gasteiger charge is 2.26. The Morgan fingerprint density at radius 2 is 1.80 bits per heavy atom. The van der Waals surface area contributed by atoms with Crippen molar-refractivity contribution < 1.29 is 27.2 Å². The van der Waals surface area contributed by atoms with Crippen molar-refractivity contribution in [2.24, 2.45) is 0 Å². The fourth-order valence-electron chi connectivity index (χ4n) is 3.11. The van der Waals surface area contributed by atoms with Gasteiger partial charge in [0.2, 0.25) is 0 Å². The molecule has 7 nitrogen and oxygen atoms in total. The third-order valence-corrected chi connectivity index (χ3v) is 5.55. The van der Waals surface area contributed by atoms with Crippen LogP contribution in [0, 0.1) is 0 Å². The van der Waals surface area contributed by atoms with Crippen molar-refractivity contribution in [3.05, 3.63) is 70.4 Å². The van der Waals surface area contributed by atoms with Crippen LogP contribution in [0.1, 0.15) is 34.1 Å². The number of hydrogen-bond donors (Lipinski definition) is 1. The Kier molecular flexibility index (Phi) is 6.48. The SMILES string of the molecule is COC(=O)CC(NC(=O)c1oc2ccccc2c1CS(C)(=O)=O)c1ccc(Cl)cc1. The average molecular weight is 450 g/mol.